The number of rotatable bonds is 6. The van der Waals surface area contributed by atoms with Crippen molar-refractivity contribution in [1.29, 1.82) is 0 Å². The first-order valence-electron chi connectivity index (χ1n) is 7.53. The molecule has 6 heteroatoms. The number of aliphatic hydroxyl groups excluding tert-OH is 1. The second kappa shape index (κ2) is 8.82. The van der Waals surface area contributed by atoms with E-state index < -0.39 is 18.2 Å². The molecule has 2 aromatic rings. The molecule has 0 radical (unpaired) electrons. The van der Waals surface area contributed by atoms with E-state index in [2.05, 4.69) is 43.8 Å². The van der Waals surface area contributed by atoms with E-state index in [1.807, 2.05) is 48.5 Å². The van der Waals surface area contributed by atoms with Crippen LogP contribution in [0.15, 0.2) is 53.0 Å². The van der Waals surface area contributed by atoms with E-state index in [1.54, 1.807) is 13.8 Å². The zero-order valence-corrected chi connectivity index (χ0v) is 17.1. The summed E-state index contributed by atoms with van der Waals surface area (Å²) in [7, 11) is 0. The van der Waals surface area contributed by atoms with E-state index in [9.17, 15) is 9.90 Å². The van der Waals surface area contributed by atoms with Crippen LogP contribution in [0.2, 0.25) is 0 Å². The highest BCUT2D eigenvalue weighted by atomic mass is 127. The third kappa shape index (κ3) is 5.46. The summed E-state index contributed by atoms with van der Waals surface area (Å²) >= 11 is 5.57. The zero-order chi connectivity index (χ0) is 17.7. The molecule has 0 saturated carbocycles. The molecule has 2 N–H and O–H groups in total. The molecule has 0 saturated heterocycles. The van der Waals surface area contributed by atoms with Gasteiger partial charge in [0, 0.05) is 8.04 Å². The van der Waals surface area contributed by atoms with E-state index in [1.165, 1.54) is 0 Å². The minimum Gasteiger partial charge on any atom is -0.481 e. The van der Waals surface area contributed by atoms with Crippen LogP contribution in [0.4, 0.5) is 0 Å². The number of hydrogen-bond acceptors (Lipinski definition) is 3. The van der Waals surface area contributed by atoms with Crippen molar-refractivity contribution >= 4 is 44.4 Å². The number of hydrogen-bond donors (Lipinski definition) is 2. The maximum Gasteiger partial charge on any atom is 0.261 e. The second-order valence-electron chi connectivity index (χ2n) is 5.51. The molecule has 2 aromatic carbocycles. The first-order chi connectivity index (χ1) is 11.4. The summed E-state index contributed by atoms with van der Waals surface area (Å²) < 4.78 is 7.67. The summed E-state index contributed by atoms with van der Waals surface area (Å²) in [5, 5.41) is 13.2. The van der Waals surface area contributed by atoms with Crippen LogP contribution in [0.25, 0.3) is 0 Å². The minimum absolute atomic E-state index is 0.266. The fraction of sp³-hybridized carbons (Fsp3) is 0.278. The standard InChI is InChI=1S/C18H19BrINO3/c1-11(17(22)13-3-5-14(19)6-4-13)21-18(23)12(2)24-16-9-7-15(20)8-10-16/h3-12,17,22H,1-2H3,(H,21,23)/t11?,12-,17?/m0/s1. The molecular formula is C18H19BrINO3. The number of nitrogens with one attached hydrogen (secondary N) is 1. The lowest BCUT2D eigenvalue weighted by Crippen LogP contribution is -2.43. The van der Waals surface area contributed by atoms with Crippen molar-refractivity contribution in [3.63, 3.8) is 0 Å². The number of ether oxygens (including phenoxy) is 1. The van der Waals surface area contributed by atoms with Crippen LogP contribution < -0.4 is 10.1 Å². The molecule has 2 rings (SSSR count). The molecule has 24 heavy (non-hydrogen) atoms. The average Bonchev–Trinajstić information content (AvgIpc) is 2.56. The molecule has 0 bridgehead atoms. The summed E-state index contributed by atoms with van der Waals surface area (Å²) in [5.41, 5.74) is 0.747. The van der Waals surface area contributed by atoms with Crippen LogP contribution in [-0.2, 0) is 4.79 Å². The zero-order valence-electron chi connectivity index (χ0n) is 13.4. The molecule has 0 aliphatic heterocycles. The van der Waals surface area contributed by atoms with Crippen molar-refractivity contribution in [2.45, 2.75) is 32.1 Å². The Kier molecular flexibility index (Phi) is 7.06. The maximum absolute atomic E-state index is 12.3. The van der Waals surface area contributed by atoms with Gasteiger partial charge in [-0.1, -0.05) is 28.1 Å². The van der Waals surface area contributed by atoms with Crippen LogP contribution in [0.1, 0.15) is 25.5 Å². The number of amides is 1. The number of carbonyl (C=O) groups is 1. The van der Waals surface area contributed by atoms with Crippen LogP contribution in [-0.4, -0.2) is 23.2 Å². The van der Waals surface area contributed by atoms with Gasteiger partial charge >= 0.3 is 0 Å². The molecule has 0 heterocycles. The van der Waals surface area contributed by atoms with Crippen molar-refractivity contribution in [2.24, 2.45) is 0 Å². The fourth-order valence-electron chi connectivity index (χ4n) is 2.14. The Hall–Kier alpha value is -1.12. The van der Waals surface area contributed by atoms with E-state index in [0.29, 0.717) is 5.75 Å². The summed E-state index contributed by atoms with van der Waals surface area (Å²) in [6.07, 6.45) is -1.43. The highest BCUT2D eigenvalue weighted by Gasteiger charge is 2.22. The lowest BCUT2D eigenvalue weighted by atomic mass is 10.0. The largest absolute Gasteiger partial charge is 0.481 e. The van der Waals surface area contributed by atoms with Crippen molar-refractivity contribution in [2.75, 3.05) is 0 Å². The van der Waals surface area contributed by atoms with Gasteiger partial charge in [0.05, 0.1) is 12.1 Å². The molecule has 1 amide bonds. The molecule has 4 nitrogen and oxygen atoms in total. The predicted molar refractivity (Wildman–Crippen MR) is 106 cm³/mol. The average molecular weight is 504 g/mol. The van der Waals surface area contributed by atoms with Gasteiger partial charge in [-0.05, 0) is 78.4 Å². The number of carbonyl (C=O) groups excluding carboxylic acids is 1. The topological polar surface area (TPSA) is 58.6 Å². The quantitative estimate of drug-likeness (QED) is 0.584. The van der Waals surface area contributed by atoms with Gasteiger partial charge in [0.15, 0.2) is 6.10 Å². The van der Waals surface area contributed by atoms with E-state index in [0.717, 1.165) is 13.6 Å². The highest BCUT2D eigenvalue weighted by molar-refractivity contribution is 14.1. The Balaban J connectivity index is 1.92. The highest BCUT2D eigenvalue weighted by Crippen LogP contribution is 2.20. The third-order valence-corrected chi connectivity index (χ3v) is 4.80. The SMILES string of the molecule is CC(NC(=O)[C@H](C)Oc1ccc(I)cc1)C(O)c1ccc(Br)cc1. The first kappa shape index (κ1) is 19.2. The van der Waals surface area contributed by atoms with Crippen LogP contribution >= 0.6 is 38.5 Å². The maximum atomic E-state index is 12.3. The third-order valence-electron chi connectivity index (χ3n) is 3.55. The lowest BCUT2D eigenvalue weighted by molar-refractivity contribution is -0.128. The summed E-state index contributed by atoms with van der Waals surface area (Å²) in [4.78, 5) is 12.3. The summed E-state index contributed by atoms with van der Waals surface area (Å²) in [6, 6.07) is 14.4. The van der Waals surface area contributed by atoms with Crippen molar-refractivity contribution in [3.8, 4) is 5.75 Å². The van der Waals surface area contributed by atoms with Gasteiger partial charge < -0.3 is 15.2 Å². The second-order valence-corrected chi connectivity index (χ2v) is 7.67. The predicted octanol–water partition coefficient (Wildman–Crippen LogP) is 4.06. The van der Waals surface area contributed by atoms with E-state index in [4.69, 9.17) is 4.74 Å². The smallest absolute Gasteiger partial charge is 0.261 e. The molecule has 0 fully saturated rings. The van der Waals surface area contributed by atoms with Gasteiger partial charge in [-0.3, -0.25) is 4.79 Å². The first-order valence-corrected chi connectivity index (χ1v) is 9.40. The summed E-state index contributed by atoms with van der Waals surface area (Å²) in [6.45, 7) is 3.45. The molecular weight excluding hydrogens is 485 g/mol. The number of aliphatic hydroxyl groups is 1. The normalized spacial score (nSPS) is 14.5. The van der Waals surface area contributed by atoms with Crippen molar-refractivity contribution in [3.05, 3.63) is 62.1 Å². The van der Waals surface area contributed by atoms with Gasteiger partial charge in [0.25, 0.3) is 5.91 Å². The van der Waals surface area contributed by atoms with Gasteiger partial charge in [0.2, 0.25) is 0 Å². The fourth-order valence-corrected chi connectivity index (χ4v) is 2.76. The Bertz CT molecular complexity index is 676. The summed E-state index contributed by atoms with van der Waals surface area (Å²) in [5.74, 6) is 0.372. The van der Waals surface area contributed by atoms with Gasteiger partial charge in [0.1, 0.15) is 5.75 Å². The molecule has 128 valence electrons. The van der Waals surface area contributed by atoms with Gasteiger partial charge in [-0.15, -0.1) is 0 Å². The number of halogens is 2. The van der Waals surface area contributed by atoms with Crippen LogP contribution in [0.3, 0.4) is 0 Å². The Morgan fingerprint density at radius 2 is 1.71 bits per heavy atom. The Morgan fingerprint density at radius 1 is 1.12 bits per heavy atom. The molecule has 0 spiro atoms. The molecule has 0 aliphatic carbocycles. The minimum atomic E-state index is -0.785. The number of benzene rings is 2. The lowest BCUT2D eigenvalue weighted by Gasteiger charge is -2.23. The molecule has 2 unspecified atom stereocenters. The Labute approximate surface area is 163 Å². The van der Waals surface area contributed by atoms with Gasteiger partial charge in [-0.2, -0.15) is 0 Å². The monoisotopic (exact) mass is 503 g/mol. The van der Waals surface area contributed by atoms with E-state index in [-0.39, 0.29) is 5.91 Å². The Morgan fingerprint density at radius 3 is 2.29 bits per heavy atom. The molecule has 0 aliphatic rings. The van der Waals surface area contributed by atoms with Gasteiger partial charge in [-0.25, -0.2) is 0 Å². The van der Waals surface area contributed by atoms with Crippen molar-refractivity contribution in [1.82, 2.24) is 5.32 Å². The van der Waals surface area contributed by atoms with Crippen LogP contribution in [0, 0.1) is 3.57 Å². The van der Waals surface area contributed by atoms with Crippen LogP contribution in [0.5, 0.6) is 5.75 Å². The van der Waals surface area contributed by atoms with Crippen molar-refractivity contribution < 1.29 is 14.6 Å². The van der Waals surface area contributed by atoms with E-state index >= 15 is 0 Å². The molecule has 0 aromatic heterocycles. The molecule has 3 atom stereocenters.